The molecule has 7 heteroatoms. The van der Waals surface area contributed by atoms with Crippen LogP contribution in [0.4, 0.5) is 0 Å². The molecule has 0 bridgehead atoms. The van der Waals surface area contributed by atoms with Crippen molar-refractivity contribution in [2.45, 2.75) is 6.04 Å². The molecule has 136 valence electrons. The van der Waals surface area contributed by atoms with Gasteiger partial charge in [-0.25, -0.2) is 0 Å². The predicted octanol–water partition coefficient (Wildman–Crippen LogP) is 2.81. The van der Waals surface area contributed by atoms with E-state index in [0.717, 1.165) is 37.3 Å². The van der Waals surface area contributed by atoms with Crippen LogP contribution in [-0.4, -0.2) is 81.7 Å². The average molecular weight is 467 g/mol. The minimum atomic E-state index is 0. The number of ether oxygens (including phenoxy) is 1. The summed E-state index contributed by atoms with van der Waals surface area (Å²) in [7, 11) is 8.07. The van der Waals surface area contributed by atoms with Crippen LogP contribution in [0.1, 0.15) is 11.6 Å². The second kappa shape index (κ2) is 10.4. The molecule has 5 nitrogen and oxygen atoms in total. The van der Waals surface area contributed by atoms with Gasteiger partial charge in [0.25, 0.3) is 0 Å². The fourth-order valence-corrected chi connectivity index (χ4v) is 2.98. The summed E-state index contributed by atoms with van der Waals surface area (Å²) in [6, 6.07) is 8.34. The van der Waals surface area contributed by atoms with E-state index in [0.29, 0.717) is 6.54 Å². The largest absolute Gasteiger partial charge is 0.379 e. The van der Waals surface area contributed by atoms with Crippen molar-refractivity contribution in [3.05, 3.63) is 34.9 Å². The van der Waals surface area contributed by atoms with Crippen LogP contribution in [0.2, 0.25) is 5.02 Å². The highest BCUT2D eigenvalue weighted by atomic mass is 127. The van der Waals surface area contributed by atoms with Crippen LogP contribution in [0.5, 0.6) is 0 Å². The fraction of sp³-hybridized carbons (Fsp3) is 0.588. The highest BCUT2D eigenvalue weighted by molar-refractivity contribution is 14.0. The van der Waals surface area contributed by atoms with Crippen molar-refractivity contribution in [2.24, 2.45) is 4.99 Å². The Bertz CT molecular complexity index is 506. The number of nitrogens with zero attached hydrogens (tertiary/aromatic N) is 4. The Balaban J connectivity index is 0.00000288. The maximum absolute atomic E-state index is 6.04. The lowest BCUT2D eigenvalue weighted by atomic mass is 10.0. The molecule has 0 spiro atoms. The Hall–Kier alpha value is -0.570. The van der Waals surface area contributed by atoms with Gasteiger partial charge in [-0.2, -0.15) is 0 Å². The molecule has 0 saturated carbocycles. The van der Waals surface area contributed by atoms with Gasteiger partial charge in [0.2, 0.25) is 0 Å². The third kappa shape index (κ3) is 6.06. The smallest absolute Gasteiger partial charge is 0.195 e. The van der Waals surface area contributed by atoms with Crippen LogP contribution < -0.4 is 0 Å². The number of rotatable bonds is 4. The van der Waals surface area contributed by atoms with Crippen LogP contribution in [-0.2, 0) is 4.74 Å². The number of benzene rings is 1. The molecule has 0 radical (unpaired) electrons. The topological polar surface area (TPSA) is 31.3 Å². The quantitative estimate of drug-likeness (QED) is 0.388. The van der Waals surface area contributed by atoms with Gasteiger partial charge in [0, 0.05) is 46.3 Å². The second-order valence-electron chi connectivity index (χ2n) is 6.15. The molecule has 1 fully saturated rings. The summed E-state index contributed by atoms with van der Waals surface area (Å²) in [6.45, 7) is 4.14. The van der Waals surface area contributed by atoms with Gasteiger partial charge < -0.3 is 14.5 Å². The zero-order valence-electron chi connectivity index (χ0n) is 14.9. The van der Waals surface area contributed by atoms with Gasteiger partial charge in [0.05, 0.1) is 25.8 Å². The highest BCUT2D eigenvalue weighted by Gasteiger charge is 2.23. The Morgan fingerprint density at radius 2 is 1.67 bits per heavy atom. The van der Waals surface area contributed by atoms with E-state index in [9.17, 15) is 0 Å². The van der Waals surface area contributed by atoms with Gasteiger partial charge in [-0.05, 0) is 17.7 Å². The number of guanidine groups is 1. The minimum absolute atomic E-state index is 0. The number of hydrogen-bond acceptors (Lipinski definition) is 3. The lowest BCUT2D eigenvalue weighted by Gasteiger charge is -2.34. The van der Waals surface area contributed by atoms with E-state index in [2.05, 4.69) is 17.0 Å². The van der Waals surface area contributed by atoms with Crippen LogP contribution in [0.25, 0.3) is 0 Å². The van der Waals surface area contributed by atoms with Crippen molar-refractivity contribution in [1.29, 1.82) is 0 Å². The van der Waals surface area contributed by atoms with Crippen LogP contribution in [0, 0.1) is 0 Å². The van der Waals surface area contributed by atoms with Gasteiger partial charge >= 0.3 is 0 Å². The first-order valence-corrected chi connectivity index (χ1v) is 8.33. The molecule has 24 heavy (non-hydrogen) atoms. The monoisotopic (exact) mass is 466 g/mol. The molecule has 1 aliphatic rings. The molecule has 0 aromatic heterocycles. The Morgan fingerprint density at radius 1 is 1.12 bits per heavy atom. The van der Waals surface area contributed by atoms with E-state index in [4.69, 9.17) is 21.3 Å². The van der Waals surface area contributed by atoms with Crippen molar-refractivity contribution in [3.63, 3.8) is 0 Å². The molecule has 0 N–H and O–H groups in total. The Morgan fingerprint density at radius 3 is 2.17 bits per heavy atom. The number of hydrogen-bond donors (Lipinski definition) is 0. The van der Waals surface area contributed by atoms with E-state index in [1.807, 2.05) is 50.1 Å². The normalized spacial score (nSPS) is 16.0. The first-order chi connectivity index (χ1) is 11.0. The molecule has 0 amide bonds. The van der Waals surface area contributed by atoms with Crippen LogP contribution in [0.3, 0.4) is 0 Å². The predicted molar refractivity (Wildman–Crippen MR) is 112 cm³/mol. The zero-order chi connectivity index (χ0) is 16.8. The van der Waals surface area contributed by atoms with E-state index < -0.39 is 0 Å². The second-order valence-corrected chi connectivity index (χ2v) is 6.58. The maximum atomic E-state index is 6.04. The molecular formula is C17H28ClIN4O. The van der Waals surface area contributed by atoms with E-state index in [-0.39, 0.29) is 30.0 Å². The van der Waals surface area contributed by atoms with Crippen molar-refractivity contribution in [2.75, 3.05) is 61.0 Å². The molecule has 2 rings (SSSR count). The number of aliphatic imine (C=N–C) groups is 1. The number of morpholine rings is 1. The Kier molecular flexibility index (Phi) is 9.33. The maximum Gasteiger partial charge on any atom is 0.195 e. The van der Waals surface area contributed by atoms with Crippen molar-refractivity contribution < 1.29 is 4.74 Å². The van der Waals surface area contributed by atoms with Gasteiger partial charge in [-0.1, -0.05) is 23.7 Å². The van der Waals surface area contributed by atoms with E-state index >= 15 is 0 Å². The van der Waals surface area contributed by atoms with E-state index in [1.54, 1.807) is 0 Å². The van der Waals surface area contributed by atoms with E-state index in [1.165, 1.54) is 5.56 Å². The van der Waals surface area contributed by atoms with Crippen molar-refractivity contribution >= 4 is 41.5 Å². The van der Waals surface area contributed by atoms with Crippen molar-refractivity contribution in [1.82, 2.24) is 14.7 Å². The summed E-state index contributed by atoms with van der Waals surface area (Å²) in [5.74, 6) is 0.970. The van der Waals surface area contributed by atoms with Gasteiger partial charge in [0.15, 0.2) is 5.96 Å². The molecule has 0 aliphatic carbocycles. The third-order valence-corrected chi connectivity index (χ3v) is 4.20. The third-order valence-electron chi connectivity index (χ3n) is 3.95. The molecule has 1 aliphatic heterocycles. The summed E-state index contributed by atoms with van der Waals surface area (Å²) in [6.07, 6.45) is 0. The SMILES string of the molecule is CN(C)C(=NCC(c1ccc(Cl)cc1)N1CCOCC1)N(C)C.I. The summed E-state index contributed by atoms with van der Waals surface area (Å²) in [4.78, 5) is 11.4. The molecule has 1 aromatic carbocycles. The first kappa shape index (κ1) is 21.5. The fourth-order valence-electron chi connectivity index (χ4n) is 2.86. The number of halogens is 2. The van der Waals surface area contributed by atoms with Gasteiger partial charge in [0.1, 0.15) is 0 Å². The zero-order valence-corrected chi connectivity index (χ0v) is 18.0. The average Bonchev–Trinajstić information content (AvgIpc) is 2.53. The standard InChI is InChI=1S/C17H27ClN4O.HI/c1-20(2)17(21(3)4)19-13-16(22-9-11-23-12-10-22)14-5-7-15(18)8-6-14;/h5-8,16H,9-13H2,1-4H3;1H. The molecule has 1 atom stereocenters. The van der Waals surface area contributed by atoms with Crippen molar-refractivity contribution in [3.8, 4) is 0 Å². The summed E-state index contributed by atoms with van der Waals surface area (Å²) >= 11 is 6.04. The summed E-state index contributed by atoms with van der Waals surface area (Å²) < 4.78 is 5.49. The molecule has 1 unspecified atom stereocenters. The molecule has 1 aromatic rings. The highest BCUT2D eigenvalue weighted by Crippen LogP contribution is 2.24. The molecule has 1 heterocycles. The summed E-state index contributed by atoms with van der Waals surface area (Å²) in [5, 5.41) is 0.764. The molecular weight excluding hydrogens is 439 g/mol. The summed E-state index contributed by atoms with van der Waals surface area (Å²) in [5.41, 5.74) is 1.25. The lowest BCUT2D eigenvalue weighted by Crippen LogP contribution is -2.41. The van der Waals surface area contributed by atoms with Crippen LogP contribution >= 0.6 is 35.6 Å². The minimum Gasteiger partial charge on any atom is -0.379 e. The van der Waals surface area contributed by atoms with Crippen LogP contribution in [0.15, 0.2) is 29.3 Å². The molecule has 1 saturated heterocycles. The first-order valence-electron chi connectivity index (χ1n) is 7.95. The van der Waals surface area contributed by atoms with Gasteiger partial charge in [-0.3, -0.25) is 9.89 Å². The lowest BCUT2D eigenvalue weighted by molar-refractivity contribution is 0.0179. The van der Waals surface area contributed by atoms with Gasteiger partial charge in [-0.15, -0.1) is 24.0 Å². The Labute approximate surface area is 167 Å².